The molecule has 1 rings (SSSR count). The summed E-state index contributed by atoms with van der Waals surface area (Å²) in [7, 11) is -3.46. The maximum atomic E-state index is 11.8. The first-order valence-electron chi connectivity index (χ1n) is 6.51. The molecule has 0 aliphatic carbocycles. The van der Waals surface area contributed by atoms with Crippen LogP contribution in [-0.4, -0.2) is 27.4 Å². The van der Waals surface area contributed by atoms with E-state index in [0.29, 0.717) is 25.2 Å². The molecule has 1 aromatic carbocycles. The van der Waals surface area contributed by atoms with Gasteiger partial charge in [-0.15, -0.1) is 0 Å². The van der Waals surface area contributed by atoms with E-state index in [2.05, 4.69) is 10.0 Å². The molecule has 0 spiro atoms. The Labute approximate surface area is 119 Å². The third kappa shape index (κ3) is 4.59. The molecule has 0 fully saturated rings. The highest BCUT2D eigenvalue weighted by molar-refractivity contribution is 7.89. The summed E-state index contributed by atoms with van der Waals surface area (Å²) < 4.78 is 25.9. The van der Waals surface area contributed by atoms with Crippen LogP contribution in [0.25, 0.3) is 0 Å². The lowest BCUT2D eigenvalue weighted by Crippen LogP contribution is -2.24. The fourth-order valence-electron chi connectivity index (χ4n) is 1.64. The Morgan fingerprint density at radius 2 is 1.90 bits per heavy atom. The van der Waals surface area contributed by atoms with Gasteiger partial charge >= 0.3 is 0 Å². The van der Waals surface area contributed by atoms with Crippen LogP contribution in [0.5, 0.6) is 0 Å². The second-order valence-electron chi connectivity index (χ2n) is 4.49. The molecule has 4 N–H and O–H groups in total. The fraction of sp³-hybridized carbons (Fsp3) is 0.462. The van der Waals surface area contributed by atoms with Gasteiger partial charge in [-0.25, -0.2) is 13.1 Å². The molecular weight excluding hydrogens is 278 g/mol. The Hall–Kier alpha value is -1.44. The number of carbonyl (C=O) groups is 1. The van der Waals surface area contributed by atoms with E-state index in [1.807, 2.05) is 0 Å². The van der Waals surface area contributed by atoms with Crippen LogP contribution >= 0.6 is 0 Å². The highest BCUT2D eigenvalue weighted by Gasteiger charge is 2.14. The van der Waals surface area contributed by atoms with Crippen molar-refractivity contribution in [1.82, 2.24) is 4.72 Å². The number of carbonyl (C=O) groups excluding carboxylic acids is 1. The van der Waals surface area contributed by atoms with Crippen LogP contribution in [0.1, 0.15) is 20.3 Å². The lowest BCUT2D eigenvalue weighted by molar-refractivity contribution is -0.119. The fourth-order valence-corrected chi connectivity index (χ4v) is 2.68. The summed E-state index contributed by atoms with van der Waals surface area (Å²) in [5, 5.41) is 2.73. The Kier molecular flexibility index (Phi) is 6.12. The second kappa shape index (κ2) is 7.37. The second-order valence-corrected chi connectivity index (χ2v) is 6.26. The van der Waals surface area contributed by atoms with E-state index < -0.39 is 10.0 Å². The van der Waals surface area contributed by atoms with Crippen LogP contribution in [0.3, 0.4) is 0 Å². The Morgan fingerprint density at radius 1 is 1.30 bits per heavy atom. The van der Waals surface area contributed by atoms with Crippen LogP contribution in [0.2, 0.25) is 0 Å². The number of sulfonamides is 1. The topological polar surface area (TPSA) is 101 Å². The lowest BCUT2D eigenvalue weighted by Gasteiger charge is -2.11. The maximum Gasteiger partial charge on any atom is 0.240 e. The van der Waals surface area contributed by atoms with Gasteiger partial charge in [0.15, 0.2) is 0 Å². The molecule has 0 heterocycles. The summed E-state index contributed by atoms with van der Waals surface area (Å²) in [6.07, 6.45) is 0.610. The zero-order valence-corrected chi connectivity index (χ0v) is 12.5. The molecule has 0 aromatic heterocycles. The van der Waals surface area contributed by atoms with Crippen LogP contribution in [0.4, 0.5) is 5.69 Å². The van der Waals surface area contributed by atoms with E-state index in [9.17, 15) is 13.2 Å². The van der Waals surface area contributed by atoms with Gasteiger partial charge in [-0.2, -0.15) is 0 Å². The number of hydrogen-bond acceptors (Lipinski definition) is 4. The van der Waals surface area contributed by atoms with Gasteiger partial charge in [0, 0.05) is 18.2 Å². The van der Waals surface area contributed by atoms with E-state index in [1.165, 1.54) is 12.1 Å². The SMILES string of the molecule is CCNS(=O)(=O)c1ccc(NC(=O)C(C)CCN)cc1. The molecule has 20 heavy (non-hydrogen) atoms. The summed E-state index contributed by atoms with van der Waals surface area (Å²) in [6, 6.07) is 6.05. The number of nitrogens with one attached hydrogen (secondary N) is 2. The summed E-state index contributed by atoms with van der Waals surface area (Å²) in [4.78, 5) is 12.0. The van der Waals surface area contributed by atoms with Gasteiger partial charge in [0.05, 0.1) is 4.90 Å². The molecule has 0 radical (unpaired) electrons. The van der Waals surface area contributed by atoms with Gasteiger partial charge in [-0.1, -0.05) is 13.8 Å². The first kappa shape index (κ1) is 16.6. The van der Waals surface area contributed by atoms with Gasteiger partial charge in [-0.3, -0.25) is 4.79 Å². The molecular formula is C13H21N3O3S. The number of rotatable bonds is 7. The molecule has 0 aliphatic heterocycles. The molecule has 0 saturated carbocycles. The number of nitrogens with two attached hydrogens (primary N) is 1. The van der Waals surface area contributed by atoms with E-state index in [4.69, 9.17) is 5.73 Å². The summed E-state index contributed by atoms with van der Waals surface area (Å²) in [6.45, 7) is 4.29. The van der Waals surface area contributed by atoms with Crippen LogP contribution in [0.15, 0.2) is 29.2 Å². The highest BCUT2D eigenvalue weighted by atomic mass is 32.2. The molecule has 1 atom stereocenters. The van der Waals surface area contributed by atoms with Crippen LogP contribution in [-0.2, 0) is 14.8 Å². The predicted molar refractivity (Wildman–Crippen MR) is 78.8 cm³/mol. The molecule has 1 aromatic rings. The summed E-state index contributed by atoms with van der Waals surface area (Å²) in [5.41, 5.74) is 5.97. The van der Waals surface area contributed by atoms with Crippen molar-refractivity contribution in [2.75, 3.05) is 18.4 Å². The van der Waals surface area contributed by atoms with E-state index in [0.717, 1.165) is 0 Å². The molecule has 0 saturated heterocycles. The number of benzene rings is 1. The predicted octanol–water partition coefficient (Wildman–Crippen LogP) is 0.908. The van der Waals surface area contributed by atoms with Gasteiger partial charge in [0.1, 0.15) is 0 Å². The minimum Gasteiger partial charge on any atom is -0.330 e. The zero-order valence-electron chi connectivity index (χ0n) is 11.7. The average molecular weight is 299 g/mol. The van der Waals surface area contributed by atoms with Crippen LogP contribution in [0, 0.1) is 5.92 Å². The van der Waals surface area contributed by atoms with Gasteiger partial charge < -0.3 is 11.1 Å². The van der Waals surface area contributed by atoms with Crippen LogP contribution < -0.4 is 15.8 Å². The summed E-state index contributed by atoms with van der Waals surface area (Å²) in [5.74, 6) is -0.303. The quantitative estimate of drug-likeness (QED) is 0.696. The smallest absolute Gasteiger partial charge is 0.240 e. The lowest BCUT2D eigenvalue weighted by atomic mass is 10.1. The Morgan fingerprint density at radius 3 is 2.40 bits per heavy atom. The number of anilines is 1. The van der Waals surface area contributed by atoms with E-state index >= 15 is 0 Å². The third-order valence-corrected chi connectivity index (χ3v) is 4.38. The molecule has 0 aliphatic rings. The first-order valence-corrected chi connectivity index (χ1v) is 7.99. The molecule has 1 unspecified atom stereocenters. The standard InChI is InChI=1S/C13H21N3O3S/c1-3-15-20(18,19)12-6-4-11(5-7-12)16-13(17)10(2)8-9-14/h4-7,10,15H,3,8-9,14H2,1-2H3,(H,16,17). The van der Waals surface area contributed by atoms with Crippen molar-refractivity contribution in [3.05, 3.63) is 24.3 Å². The molecule has 1 amide bonds. The Bertz CT molecular complexity index is 540. The number of hydrogen-bond donors (Lipinski definition) is 3. The van der Waals surface area contributed by atoms with E-state index in [1.54, 1.807) is 26.0 Å². The Balaban J connectivity index is 2.75. The van der Waals surface area contributed by atoms with Crippen molar-refractivity contribution in [2.45, 2.75) is 25.2 Å². The molecule has 7 heteroatoms. The largest absolute Gasteiger partial charge is 0.330 e. The molecule has 112 valence electrons. The van der Waals surface area contributed by atoms with Crippen molar-refractivity contribution < 1.29 is 13.2 Å². The molecule has 0 bridgehead atoms. The van der Waals surface area contributed by atoms with Crippen molar-refractivity contribution >= 4 is 21.6 Å². The minimum absolute atomic E-state index is 0.127. The zero-order chi connectivity index (χ0) is 15.2. The maximum absolute atomic E-state index is 11.8. The van der Waals surface area contributed by atoms with Gasteiger partial charge in [0.2, 0.25) is 15.9 Å². The monoisotopic (exact) mass is 299 g/mol. The first-order chi connectivity index (χ1) is 9.40. The van der Waals surface area contributed by atoms with Gasteiger partial charge in [-0.05, 0) is 37.2 Å². The minimum atomic E-state index is -3.46. The third-order valence-electron chi connectivity index (χ3n) is 2.81. The average Bonchev–Trinajstić information content (AvgIpc) is 2.39. The molecule has 6 nitrogen and oxygen atoms in total. The summed E-state index contributed by atoms with van der Waals surface area (Å²) >= 11 is 0. The number of amides is 1. The van der Waals surface area contributed by atoms with Crippen molar-refractivity contribution in [3.8, 4) is 0 Å². The highest BCUT2D eigenvalue weighted by Crippen LogP contribution is 2.15. The van der Waals surface area contributed by atoms with Crippen molar-refractivity contribution in [2.24, 2.45) is 11.7 Å². The van der Waals surface area contributed by atoms with Crippen molar-refractivity contribution in [1.29, 1.82) is 0 Å². The normalized spacial score (nSPS) is 12.9. The van der Waals surface area contributed by atoms with Crippen molar-refractivity contribution in [3.63, 3.8) is 0 Å². The van der Waals surface area contributed by atoms with Gasteiger partial charge in [0.25, 0.3) is 0 Å². The van der Waals surface area contributed by atoms with E-state index in [-0.39, 0.29) is 16.7 Å².